The van der Waals surface area contributed by atoms with Crippen LogP contribution >= 0.6 is 0 Å². The van der Waals surface area contributed by atoms with Crippen molar-refractivity contribution in [2.45, 2.75) is 13.8 Å². The smallest absolute Gasteiger partial charge is 0.102 e. The first-order valence-corrected chi connectivity index (χ1v) is 11.0. The summed E-state index contributed by atoms with van der Waals surface area (Å²) in [5.74, 6) is 0. The molecule has 0 aromatic heterocycles. The molecule has 0 unspecified atom stereocenters. The molecule has 0 aromatic carbocycles. The molecule has 6 nitrogen and oxygen atoms in total. The first-order chi connectivity index (χ1) is 12.7. The molecule has 0 amide bonds. The Morgan fingerprint density at radius 2 is 0.962 bits per heavy atom. The number of ether oxygens (including phenoxy) is 2. The molecule has 3 aliphatic heterocycles. The van der Waals surface area contributed by atoms with Crippen molar-refractivity contribution in [1.29, 1.82) is 0 Å². The molecule has 0 aromatic rings. The SMILES string of the molecule is CC[N+]1(CCN2CCN(CC[N+]3(CC)CCOCC3)CC2)CCOCC1. The Labute approximate surface area is 160 Å². The van der Waals surface area contributed by atoms with Gasteiger partial charge >= 0.3 is 0 Å². The minimum atomic E-state index is 0.948. The van der Waals surface area contributed by atoms with Gasteiger partial charge in [0.05, 0.1) is 52.6 Å². The Morgan fingerprint density at radius 1 is 0.615 bits per heavy atom. The number of hydrogen-bond acceptors (Lipinski definition) is 4. The molecular weight excluding hydrogens is 328 g/mol. The quantitative estimate of drug-likeness (QED) is 0.575. The molecule has 3 saturated heterocycles. The van der Waals surface area contributed by atoms with Crippen LogP contribution in [0.4, 0.5) is 0 Å². The second-order valence-corrected chi connectivity index (χ2v) is 8.57. The van der Waals surface area contributed by atoms with Crippen LogP contribution in [0.5, 0.6) is 0 Å². The fraction of sp³-hybridized carbons (Fsp3) is 1.00. The lowest BCUT2D eigenvalue weighted by Crippen LogP contribution is -2.60. The van der Waals surface area contributed by atoms with Crippen molar-refractivity contribution in [1.82, 2.24) is 9.80 Å². The summed E-state index contributed by atoms with van der Waals surface area (Å²) in [4.78, 5) is 5.39. The third kappa shape index (κ3) is 5.40. The van der Waals surface area contributed by atoms with Gasteiger partial charge in [0.25, 0.3) is 0 Å². The van der Waals surface area contributed by atoms with Crippen molar-refractivity contribution in [3.63, 3.8) is 0 Å². The first kappa shape index (κ1) is 20.5. The summed E-state index contributed by atoms with van der Waals surface area (Å²) < 4.78 is 13.7. The average Bonchev–Trinajstić information content (AvgIpc) is 2.73. The number of likely N-dealkylation sites (N-methyl/N-ethyl adjacent to an activating group) is 2. The fourth-order valence-corrected chi connectivity index (χ4v) is 4.80. The molecule has 0 atom stereocenters. The van der Waals surface area contributed by atoms with Gasteiger partial charge in [0.15, 0.2) is 0 Å². The fourth-order valence-electron chi connectivity index (χ4n) is 4.80. The van der Waals surface area contributed by atoms with Gasteiger partial charge in [-0.3, -0.25) is 9.80 Å². The van der Waals surface area contributed by atoms with Crippen LogP contribution in [0.1, 0.15) is 13.8 Å². The largest absolute Gasteiger partial charge is 0.370 e. The molecule has 152 valence electrons. The number of morpholine rings is 2. The molecule has 0 spiro atoms. The standard InChI is InChI=1S/C20H42N4O2/c1-3-23(13-17-25-18-14-23)11-9-21-5-7-22(8-6-21)10-12-24(4-2)15-19-26-20-16-24/h3-20H2,1-2H3/q+2. The Kier molecular flexibility index (Phi) is 7.73. The highest BCUT2D eigenvalue weighted by Crippen LogP contribution is 2.14. The van der Waals surface area contributed by atoms with Crippen molar-refractivity contribution >= 4 is 0 Å². The molecule has 0 N–H and O–H groups in total. The van der Waals surface area contributed by atoms with Crippen LogP contribution < -0.4 is 0 Å². The van der Waals surface area contributed by atoms with Gasteiger partial charge in [0.1, 0.15) is 26.2 Å². The maximum Gasteiger partial charge on any atom is 0.102 e. The lowest BCUT2D eigenvalue weighted by Gasteiger charge is -2.44. The van der Waals surface area contributed by atoms with Gasteiger partial charge in [-0.25, -0.2) is 0 Å². The van der Waals surface area contributed by atoms with Crippen molar-refractivity contribution in [2.75, 3.05) is 118 Å². The van der Waals surface area contributed by atoms with E-state index in [0.29, 0.717) is 0 Å². The second-order valence-electron chi connectivity index (χ2n) is 8.57. The van der Waals surface area contributed by atoms with E-state index in [0.717, 1.165) is 26.4 Å². The van der Waals surface area contributed by atoms with E-state index in [9.17, 15) is 0 Å². The Hall–Kier alpha value is -0.240. The van der Waals surface area contributed by atoms with E-state index >= 15 is 0 Å². The van der Waals surface area contributed by atoms with Gasteiger partial charge in [-0.15, -0.1) is 0 Å². The van der Waals surface area contributed by atoms with E-state index in [-0.39, 0.29) is 0 Å². The lowest BCUT2D eigenvalue weighted by molar-refractivity contribution is -0.933. The van der Waals surface area contributed by atoms with Gasteiger partial charge in [0, 0.05) is 39.3 Å². The van der Waals surface area contributed by atoms with Gasteiger partial charge < -0.3 is 18.4 Å². The van der Waals surface area contributed by atoms with E-state index in [1.54, 1.807) is 0 Å². The van der Waals surface area contributed by atoms with E-state index in [2.05, 4.69) is 23.6 Å². The number of rotatable bonds is 8. The zero-order valence-corrected chi connectivity index (χ0v) is 17.3. The van der Waals surface area contributed by atoms with E-state index in [1.807, 2.05) is 0 Å². The molecule has 3 fully saturated rings. The van der Waals surface area contributed by atoms with Crippen LogP contribution in [0.25, 0.3) is 0 Å². The molecule has 3 aliphatic rings. The summed E-state index contributed by atoms with van der Waals surface area (Å²) in [7, 11) is 0. The highest BCUT2D eigenvalue weighted by Gasteiger charge is 2.31. The van der Waals surface area contributed by atoms with Crippen LogP contribution in [0.3, 0.4) is 0 Å². The first-order valence-electron chi connectivity index (χ1n) is 11.0. The molecule has 0 saturated carbocycles. The molecule has 3 rings (SSSR count). The van der Waals surface area contributed by atoms with Gasteiger partial charge in [-0.05, 0) is 13.8 Å². The van der Waals surface area contributed by atoms with Gasteiger partial charge in [-0.1, -0.05) is 0 Å². The van der Waals surface area contributed by atoms with Crippen LogP contribution in [-0.2, 0) is 9.47 Å². The zero-order chi connectivity index (χ0) is 18.3. The van der Waals surface area contributed by atoms with Gasteiger partial charge in [-0.2, -0.15) is 0 Å². The van der Waals surface area contributed by atoms with Crippen LogP contribution in [0.2, 0.25) is 0 Å². The average molecular weight is 371 g/mol. The molecule has 0 radical (unpaired) electrons. The Morgan fingerprint density at radius 3 is 1.27 bits per heavy atom. The van der Waals surface area contributed by atoms with E-state index < -0.39 is 0 Å². The predicted octanol–water partition coefficient (Wildman–Crippen LogP) is 0.338. The normalized spacial score (nSPS) is 27.5. The van der Waals surface area contributed by atoms with Crippen LogP contribution in [0, 0.1) is 0 Å². The zero-order valence-electron chi connectivity index (χ0n) is 17.3. The highest BCUT2D eigenvalue weighted by molar-refractivity contribution is 4.72. The highest BCUT2D eigenvalue weighted by atomic mass is 16.5. The number of nitrogens with zero attached hydrogens (tertiary/aromatic N) is 4. The third-order valence-corrected chi connectivity index (χ3v) is 7.43. The van der Waals surface area contributed by atoms with E-state index in [1.165, 1.54) is 101 Å². The molecule has 0 bridgehead atoms. The second kappa shape index (κ2) is 9.80. The topological polar surface area (TPSA) is 24.9 Å². The van der Waals surface area contributed by atoms with Crippen molar-refractivity contribution < 1.29 is 18.4 Å². The summed E-state index contributed by atoms with van der Waals surface area (Å²) in [5, 5.41) is 0. The summed E-state index contributed by atoms with van der Waals surface area (Å²) in [6, 6.07) is 0. The summed E-state index contributed by atoms with van der Waals surface area (Å²) >= 11 is 0. The predicted molar refractivity (Wildman–Crippen MR) is 105 cm³/mol. The van der Waals surface area contributed by atoms with Crippen LogP contribution in [0.15, 0.2) is 0 Å². The minimum Gasteiger partial charge on any atom is -0.370 e. The Balaban J connectivity index is 1.36. The van der Waals surface area contributed by atoms with Crippen molar-refractivity contribution in [3.8, 4) is 0 Å². The number of quaternary nitrogens is 2. The minimum absolute atomic E-state index is 0.948. The third-order valence-electron chi connectivity index (χ3n) is 7.43. The Bertz CT molecular complexity index is 363. The molecule has 26 heavy (non-hydrogen) atoms. The van der Waals surface area contributed by atoms with E-state index in [4.69, 9.17) is 9.47 Å². The van der Waals surface area contributed by atoms with Crippen LogP contribution in [-0.4, -0.2) is 137 Å². The van der Waals surface area contributed by atoms with Crippen molar-refractivity contribution in [3.05, 3.63) is 0 Å². The monoisotopic (exact) mass is 370 g/mol. The van der Waals surface area contributed by atoms with Crippen molar-refractivity contribution in [2.24, 2.45) is 0 Å². The number of piperazine rings is 1. The number of hydrogen-bond donors (Lipinski definition) is 0. The molecular formula is C20H42N4O2+2. The summed E-state index contributed by atoms with van der Waals surface area (Å²) in [6.45, 7) is 25.9. The summed E-state index contributed by atoms with van der Waals surface area (Å²) in [5.41, 5.74) is 0. The molecule has 6 heteroatoms. The molecule has 3 heterocycles. The summed E-state index contributed by atoms with van der Waals surface area (Å²) in [6.07, 6.45) is 0. The molecule has 0 aliphatic carbocycles. The maximum absolute atomic E-state index is 5.58. The van der Waals surface area contributed by atoms with Gasteiger partial charge in [0.2, 0.25) is 0 Å². The maximum atomic E-state index is 5.58. The lowest BCUT2D eigenvalue weighted by atomic mass is 10.2.